The Labute approximate surface area is 97.6 Å². The Hall–Kier alpha value is -0.981. The Morgan fingerprint density at radius 2 is 2.07 bits per heavy atom. The molecule has 1 aromatic carbocycles. The average Bonchev–Trinajstić information content (AvgIpc) is 2.19. The van der Waals surface area contributed by atoms with E-state index in [1.54, 1.807) is 6.20 Å². The molecule has 2 heteroatoms. The number of benzene rings is 1. The van der Waals surface area contributed by atoms with Gasteiger partial charge in [0, 0.05) is 20.1 Å². The predicted octanol–water partition coefficient (Wildman–Crippen LogP) is 2.85. The molecule has 0 amide bonds. The molecule has 0 saturated carbocycles. The van der Waals surface area contributed by atoms with E-state index in [0.717, 1.165) is 11.3 Å². The van der Waals surface area contributed by atoms with Crippen LogP contribution in [0.3, 0.4) is 0 Å². The predicted molar refractivity (Wildman–Crippen MR) is 53.2 cm³/mol. The van der Waals surface area contributed by atoms with Gasteiger partial charge in [0.25, 0.3) is 0 Å². The molecule has 0 aliphatic heterocycles. The fraction of sp³-hybridized carbons (Fsp3) is 0.0833. The van der Waals surface area contributed by atoms with Gasteiger partial charge in [-0.1, -0.05) is 23.3 Å². The molecule has 0 bridgehead atoms. The number of nitrogens with zero attached hydrogens (tertiary/aromatic N) is 1. The summed E-state index contributed by atoms with van der Waals surface area (Å²) in [4.78, 5) is 4.23. The van der Waals surface area contributed by atoms with Crippen molar-refractivity contribution in [1.82, 2.24) is 4.98 Å². The van der Waals surface area contributed by atoms with Gasteiger partial charge in [-0.25, -0.2) is 0 Å². The van der Waals surface area contributed by atoms with E-state index in [1.807, 2.05) is 24.3 Å². The SMILES string of the molecule is Cc1cccc(-c2[c-]cccn2)c1.[Ir]. The topological polar surface area (TPSA) is 12.9 Å². The Bertz CT molecular complexity index is 398. The van der Waals surface area contributed by atoms with Crippen LogP contribution in [0, 0.1) is 13.0 Å². The second-order valence-electron chi connectivity index (χ2n) is 3.00. The summed E-state index contributed by atoms with van der Waals surface area (Å²) in [6.45, 7) is 2.08. The van der Waals surface area contributed by atoms with Crippen molar-refractivity contribution in [3.63, 3.8) is 0 Å². The van der Waals surface area contributed by atoms with Crippen molar-refractivity contribution in [1.29, 1.82) is 0 Å². The Morgan fingerprint density at radius 1 is 1.21 bits per heavy atom. The van der Waals surface area contributed by atoms with E-state index in [-0.39, 0.29) is 20.1 Å². The van der Waals surface area contributed by atoms with Gasteiger partial charge in [-0.15, -0.1) is 18.2 Å². The molecule has 2 rings (SSSR count). The van der Waals surface area contributed by atoms with E-state index in [9.17, 15) is 0 Å². The number of aryl methyl sites for hydroxylation is 1. The summed E-state index contributed by atoms with van der Waals surface area (Å²) in [7, 11) is 0. The smallest absolute Gasteiger partial charge is 0 e. The van der Waals surface area contributed by atoms with E-state index < -0.39 is 0 Å². The molecule has 1 radical (unpaired) electrons. The van der Waals surface area contributed by atoms with Gasteiger partial charge in [0.1, 0.15) is 0 Å². The third-order valence-electron chi connectivity index (χ3n) is 1.90. The quantitative estimate of drug-likeness (QED) is 0.713. The van der Waals surface area contributed by atoms with Crippen LogP contribution >= 0.6 is 0 Å². The largest absolute Gasteiger partial charge is 0.296 e. The minimum Gasteiger partial charge on any atom is -0.296 e. The van der Waals surface area contributed by atoms with Crippen molar-refractivity contribution in [2.75, 3.05) is 0 Å². The number of aromatic nitrogens is 1. The zero-order chi connectivity index (χ0) is 9.10. The fourth-order valence-corrected chi connectivity index (χ4v) is 1.28. The van der Waals surface area contributed by atoms with Gasteiger partial charge in [-0.3, -0.25) is 4.98 Å². The first-order chi connectivity index (χ1) is 6.36. The molecule has 0 aliphatic rings. The first-order valence-electron chi connectivity index (χ1n) is 4.26. The van der Waals surface area contributed by atoms with Crippen LogP contribution in [-0.2, 0) is 20.1 Å². The van der Waals surface area contributed by atoms with Crippen LogP contribution in [0.15, 0.2) is 42.6 Å². The number of rotatable bonds is 1. The molecule has 0 aliphatic carbocycles. The molecule has 0 fully saturated rings. The van der Waals surface area contributed by atoms with E-state index in [0.29, 0.717) is 0 Å². The standard InChI is InChI=1S/C12H10N.Ir/c1-10-5-4-6-11(9-10)12-7-2-3-8-13-12;/h2-6,8-9H,1H3;/q-1;. The molecular formula is C12H10IrN-. The average molecular weight is 360 g/mol. The van der Waals surface area contributed by atoms with Crippen molar-refractivity contribution in [3.05, 3.63) is 54.2 Å². The summed E-state index contributed by atoms with van der Waals surface area (Å²) in [6.07, 6.45) is 1.79. The molecule has 0 spiro atoms. The maximum Gasteiger partial charge on any atom is 0 e. The number of pyridine rings is 1. The Kier molecular flexibility index (Phi) is 3.99. The minimum absolute atomic E-state index is 0. The second-order valence-corrected chi connectivity index (χ2v) is 3.00. The molecular weight excluding hydrogens is 350 g/mol. The Morgan fingerprint density at radius 3 is 2.71 bits per heavy atom. The van der Waals surface area contributed by atoms with Crippen LogP contribution in [0.5, 0.6) is 0 Å². The summed E-state index contributed by atoms with van der Waals surface area (Å²) >= 11 is 0. The maximum absolute atomic E-state index is 4.23. The van der Waals surface area contributed by atoms with Crippen LogP contribution in [0.1, 0.15) is 5.56 Å². The van der Waals surface area contributed by atoms with Crippen molar-refractivity contribution in [2.24, 2.45) is 0 Å². The van der Waals surface area contributed by atoms with Crippen molar-refractivity contribution >= 4 is 0 Å². The molecule has 2 aromatic rings. The maximum atomic E-state index is 4.23. The van der Waals surface area contributed by atoms with Crippen molar-refractivity contribution < 1.29 is 20.1 Å². The molecule has 73 valence electrons. The Balaban J connectivity index is 0.000000980. The van der Waals surface area contributed by atoms with Gasteiger partial charge in [-0.05, 0) is 18.8 Å². The molecule has 0 atom stereocenters. The third-order valence-corrected chi connectivity index (χ3v) is 1.90. The number of hydrogen-bond acceptors (Lipinski definition) is 1. The van der Waals surface area contributed by atoms with Crippen LogP contribution in [0.25, 0.3) is 11.3 Å². The fourth-order valence-electron chi connectivity index (χ4n) is 1.28. The summed E-state index contributed by atoms with van der Waals surface area (Å²) < 4.78 is 0. The minimum atomic E-state index is 0. The summed E-state index contributed by atoms with van der Waals surface area (Å²) in [5, 5.41) is 0. The first-order valence-corrected chi connectivity index (χ1v) is 4.26. The van der Waals surface area contributed by atoms with E-state index in [1.165, 1.54) is 5.56 Å². The van der Waals surface area contributed by atoms with Crippen LogP contribution < -0.4 is 0 Å². The van der Waals surface area contributed by atoms with Gasteiger partial charge in [0.05, 0.1) is 0 Å². The van der Waals surface area contributed by atoms with Crippen LogP contribution in [-0.4, -0.2) is 4.98 Å². The van der Waals surface area contributed by atoms with Gasteiger partial charge in [-0.2, -0.15) is 12.1 Å². The van der Waals surface area contributed by atoms with Crippen molar-refractivity contribution in [2.45, 2.75) is 6.92 Å². The van der Waals surface area contributed by atoms with Gasteiger partial charge >= 0.3 is 0 Å². The van der Waals surface area contributed by atoms with E-state index >= 15 is 0 Å². The van der Waals surface area contributed by atoms with Gasteiger partial charge in [0.15, 0.2) is 0 Å². The molecule has 0 saturated heterocycles. The molecule has 1 nitrogen and oxygen atoms in total. The summed E-state index contributed by atoms with van der Waals surface area (Å²) in [6, 6.07) is 15.1. The summed E-state index contributed by atoms with van der Waals surface area (Å²) in [5.41, 5.74) is 3.28. The van der Waals surface area contributed by atoms with E-state index in [4.69, 9.17) is 0 Å². The molecule has 0 unspecified atom stereocenters. The molecule has 0 N–H and O–H groups in total. The zero-order valence-corrected chi connectivity index (χ0v) is 10.2. The molecule has 14 heavy (non-hydrogen) atoms. The van der Waals surface area contributed by atoms with Crippen LogP contribution in [0.2, 0.25) is 0 Å². The number of hydrogen-bond donors (Lipinski definition) is 0. The van der Waals surface area contributed by atoms with Crippen LogP contribution in [0.4, 0.5) is 0 Å². The summed E-state index contributed by atoms with van der Waals surface area (Å²) in [5.74, 6) is 0. The normalized spacial score (nSPS) is 9.21. The molecule has 1 aromatic heterocycles. The van der Waals surface area contributed by atoms with Gasteiger partial charge < -0.3 is 0 Å². The first kappa shape index (κ1) is 11.1. The van der Waals surface area contributed by atoms with Gasteiger partial charge in [0.2, 0.25) is 0 Å². The molecule has 1 heterocycles. The second kappa shape index (κ2) is 5.04. The third kappa shape index (κ3) is 2.50. The van der Waals surface area contributed by atoms with E-state index in [2.05, 4.69) is 30.1 Å². The monoisotopic (exact) mass is 361 g/mol. The van der Waals surface area contributed by atoms with Crippen molar-refractivity contribution in [3.8, 4) is 11.3 Å². The zero-order valence-electron chi connectivity index (χ0n) is 7.82.